The largest absolute Gasteiger partial charge is 0.340 e. The van der Waals surface area contributed by atoms with E-state index in [9.17, 15) is 4.79 Å². The van der Waals surface area contributed by atoms with Gasteiger partial charge in [-0.05, 0) is 18.4 Å². The predicted octanol–water partition coefficient (Wildman–Crippen LogP) is 1.39. The topological polar surface area (TPSA) is 57.0 Å². The first-order chi connectivity index (χ1) is 7.69. The summed E-state index contributed by atoms with van der Waals surface area (Å²) in [4.78, 5) is 17.4. The molecule has 0 radical (unpaired) electrons. The highest BCUT2D eigenvalue weighted by Crippen LogP contribution is 2.03. The highest BCUT2D eigenvalue weighted by atomic mass is 32.2. The van der Waals surface area contributed by atoms with Crippen LogP contribution in [0.3, 0.4) is 0 Å². The number of nitrogens with zero attached hydrogens (tertiary/aromatic N) is 3. The summed E-state index contributed by atoms with van der Waals surface area (Å²) in [6.45, 7) is 0.696. The van der Waals surface area contributed by atoms with Crippen molar-refractivity contribution in [3.05, 3.63) is 29.6 Å². The Labute approximate surface area is 99.3 Å². The highest BCUT2D eigenvalue weighted by Gasteiger charge is 2.12. The van der Waals surface area contributed by atoms with E-state index < -0.39 is 0 Å². The number of pyridine rings is 1. The number of carbonyl (C=O) groups is 1. The van der Waals surface area contributed by atoms with Gasteiger partial charge in [-0.25, -0.2) is 4.98 Å². The Bertz CT molecular complexity index is 397. The molecule has 0 saturated carbocycles. The van der Waals surface area contributed by atoms with E-state index in [2.05, 4.69) is 4.98 Å². The fourth-order valence-corrected chi connectivity index (χ4v) is 1.57. The van der Waals surface area contributed by atoms with Gasteiger partial charge in [-0.15, -0.1) is 0 Å². The average molecular weight is 235 g/mol. The number of thioether (sulfide) groups is 1. The molecule has 0 saturated heterocycles. The van der Waals surface area contributed by atoms with Gasteiger partial charge in [0.25, 0.3) is 5.91 Å². The molecule has 0 atom stereocenters. The van der Waals surface area contributed by atoms with Crippen LogP contribution in [0.1, 0.15) is 16.1 Å². The summed E-state index contributed by atoms with van der Waals surface area (Å²) in [5, 5.41) is 8.60. The SMILES string of the molecule is CSCCN(C)C(=O)c1ccc(C#N)cn1. The summed E-state index contributed by atoms with van der Waals surface area (Å²) in [6.07, 6.45) is 3.41. The Kier molecular flexibility index (Phi) is 4.80. The van der Waals surface area contributed by atoms with Crippen molar-refractivity contribution in [1.29, 1.82) is 5.26 Å². The van der Waals surface area contributed by atoms with Crippen LogP contribution in [0.5, 0.6) is 0 Å². The Morgan fingerprint density at radius 3 is 2.88 bits per heavy atom. The molecule has 16 heavy (non-hydrogen) atoms. The van der Waals surface area contributed by atoms with Crippen molar-refractivity contribution in [2.45, 2.75) is 0 Å². The van der Waals surface area contributed by atoms with Gasteiger partial charge in [-0.1, -0.05) is 0 Å². The minimum absolute atomic E-state index is 0.112. The Morgan fingerprint density at radius 1 is 1.62 bits per heavy atom. The van der Waals surface area contributed by atoms with Crippen LogP contribution in [0.2, 0.25) is 0 Å². The maximum Gasteiger partial charge on any atom is 0.272 e. The molecule has 1 heterocycles. The van der Waals surface area contributed by atoms with Gasteiger partial charge in [0.15, 0.2) is 0 Å². The van der Waals surface area contributed by atoms with Crippen molar-refractivity contribution in [3.63, 3.8) is 0 Å². The second-order valence-corrected chi connectivity index (χ2v) is 4.25. The van der Waals surface area contributed by atoms with E-state index in [0.29, 0.717) is 17.8 Å². The van der Waals surface area contributed by atoms with Gasteiger partial charge in [0.2, 0.25) is 0 Å². The maximum absolute atomic E-state index is 11.8. The quantitative estimate of drug-likeness (QED) is 0.791. The summed E-state index contributed by atoms with van der Waals surface area (Å²) >= 11 is 1.69. The van der Waals surface area contributed by atoms with E-state index in [1.54, 1.807) is 35.8 Å². The van der Waals surface area contributed by atoms with Gasteiger partial charge in [-0.3, -0.25) is 4.79 Å². The lowest BCUT2D eigenvalue weighted by Crippen LogP contribution is -2.29. The monoisotopic (exact) mass is 235 g/mol. The average Bonchev–Trinajstić information content (AvgIpc) is 2.35. The fraction of sp³-hybridized carbons (Fsp3) is 0.364. The number of aromatic nitrogens is 1. The third kappa shape index (κ3) is 3.24. The molecule has 0 spiro atoms. The molecule has 0 aliphatic heterocycles. The van der Waals surface area contributed by atoms with Gasteiger partial charge in [0.1, 0.15) is 11.8 Å². The van der Waals surface area contributed by atoms with Crippen LogP contribution in [0, 0.1) is 11.3 Å². The smallest absolute Gasteiger partial charge is 0.272 e. The van der Waals surface area contributed by atoms with Crippen LogP contribution in [0.4, 0.5) is 0 Å². The standard InChI is InChI=1S/C11H13N3OS/c1-14(5-6-16-2)11(15)10-4-3-9(7-12)8-13-10/h3-4,8H,5-6H2,1-2H3. The molecule has 0 N–H and O–H groups in total. The van der Waals surface area contributed by atoms with Crippen molar-refractivity contribution in [2.24, 2.45) is 0 Å². The molecule has 4 nitrogen and oxygen atoms in total. The van der Waals surface area contributed by atoms with Crippen LogP contribution >= 0.6 is 11.8 Å². The van der Waals surface area contributed by atoms with E-state index in [1.807, 2.05) is 12.3 Å². The third-order valence-corrected chi connectivity index (χ3v) is 2.68. The molecule has 0 bridgehead atoms. The minimum Gasteiger partial charge on any atom is -0.340 e. The lowest BCUT2D eigenvalue weighted by molar-refractivity contribution is 0.0798. The molecule has 1 rings (SSSR count). The Morgan fingerprint density at radius 2 is 2.38 bits per heavy atom. The van der Waals surface area contributed by atoms with E-state index in [-0.39, 0.29) is 5.91 Å². The van der Waals surface area contributed by atoms with E-state index in [4.69, 9.17) is 5.26 Å². The first-order valence-corrected chi connectivity index (χ1v) is 6.19. The number of nitriles is 1. The summed E-state index contributed by atoms with van der Waals surface area (Å²) < 4.78 is 0. The van der Waals surface area contributed by atoms with Crippen LogP contribution in [0.15, 0.2) is 18.3 Å². The molecule has 0 aliphatic carbocycles. The first kappa shape index (κ1) is 12.5. The van der Waals surface area contributed by atoms with E-state index in [0.717, 1.165) is 5.75 Å². The second kappa shape index (κ2) is 6.13. The zero-order chi connectivity index (χ0) is 12.0. The van der Waals surface area contributed by atoms with Crippen LogP contribution in [-0.2, 0) is 0 Å². The van der Waals surface area contributed by atoms with Gasteiger partial charge >= 0.3 is 0 Å². The first-order valence-electron chi connectivity index (χ1n) is 4.79. The normalized spacial score (nSPS) is 9.56. The van der Waals surface area contributed by atoms with Gasteiger partial charge in [0.05, 0.1) is 5.56 Å². The molecular formula is C11H13N3OS. The van der Waals surface area contributed by atoms with Crippen molar-refractivity contribution in [2.75, 3.05) is 25.6 Å². The molecule has 0 fully saturated rings. The molecule has 84 valence electrons. The molecule has 1 amide bonds. The van der Waals surface area contributed by atoms with E-state index in [1.165, 1.54) is 6.20 Å². The van der Waals surface area contributed by atoms with Crippen LogP contribution in [-0.4, -0.2) is 41.4 Å². The molecule has 5 heteroatoms. The molecule has 0 aliphatic rings. The zero-order valence-electron chi connectivity index (χ0n) is 9.30. The third-order valence-electron chi connectivity index (χ3n) is 2.09. The fourth-order valence-electron chi connectivity index (χ4n) is 1.11. The van der Waals surface area contributed by atoms with Crippen molar-refractivity contribution in [3.8, 4) is 6.07 Å². The Balaban J connectivity index is 2.69. The Hall–Kier alpha value is -1.54. The summed E-state index contributed by atoms with van der Waals surface area (Å²) in [6, 6.07) is 5.15. The van der Waals surface area contributed by atoms with Crippen LogP contribution < -0.4 is 0 Å². The lowest BCUT2D eigenvalue weighted by Gasteiger charge is -2.15. The van der Waals surface area contributed by atoms with Crippen molar-refractivity contribution < 1.29 is 4.79 Å². The zero-order valence-corrected chi connectivity index (χ0v) is 10.1. The highest BCUT2D eigenvalue weighted by molar-refractivity contribution is 7.98. The molecule has 1 aromatic rings. The summed E-state index contributed by atoms with van der Waals surface area (Å²) in [5.41, 5.74) is 0.839. The molecular weight excluding hydrogens is 222 g/mol. The second-order valence-electron chi connectivity index (χ2n) is 3.26. The van der Waals surface area contributed by atoms with Crippen LogP contribution in [0.25, 0.3) is 0 Å². The number of amides is 1. The number of rotatable bonds is 4. The van der Waals surface area contributed by atoms with Gasteiger partial charge < -0.3 is 4.90 Å². The van der Waals surface area contributed by atoms with Crippen molar-refractivity contribution in [1.82, 2.24) is 9.88 Å². The molecule has 1 aromatic heterocycles. The molecule has 0 unspecified atom stereocenters. The number of carbonyl (C=O) groups excluding carboxylic acids is 1. The van der Waals surface area contributed by atoms with E-state index >= 15 is 0 Å². The number of hydrogen-bond acceptors (Lipinski definition) is 4. The van der Waals surface area contributed by atoms with Gasteiger partial charge in [-0.2, -0.15) is 17.0 Å². The van der Waals surface area contributed by atoms with Crippen molar-refractivity contribution >= 4 is 17.7 Å². The predicted molar refractivity (Wildman–Crippen MR) is 64.3 cm³/mol. The number of hydrogen-bond donors (Lipinski definition) is 0. The summed E-state index contributed by atoms with van der Waals surface area (Å²) in [5.74, 6) is 0.789. The maximum atomic E-state index is 11.8. The minimum atomic E-state index is -0.112. The lowest BCUT2D eigenvalue weighted by atomic mass is 10.2. The summed E-state index contributed by atoms with van der Waals surface area (Å²) in [7, 11) is 1.75. The van der Waals surface area contributed by atoms with Gasteiger partial charge in [0, 0.05) is 25.5 Å². The molecule has 0 aromatic carbocycles.